The van der Waals surface area contributed by atoms with Gasteiger partial charge >= 0.3 is 0 Å². The Labute approximate surface area is 97.7 Å². The first-order chi connectivity index (χ1) is 7.28. The molecule has 0 saturated heterocycles. The summed E-state index contributed by atoms with van der Waals surface area (Å²) in [6, 6.07) is 8.32. The summed E-state index contributed by atoms with van der Waals surface area (Å²) in [7, 11) is 0. The van der Waals surface area contributed by atoms with E-state index in [1.54, 1.807) is 0 Å². The van der Waals surface area contributed by atoms with Crippen molar-refractivity contribution in [1.29, 1.82) is 5.26 Å². The molecule has 0 saturated carbocycles. The van der Waals surface area contributed by atoms with Crippen LogP contribution in [-0.4, -0.2) is 6.04 Å². The van der Waals surface area contributed by atoms with Crippen LogP contribution in [0.1, 0.15) is 18.4 Å². The first kappa shape index (κ1) is 10.3. The molecule has 0 aromatic heterocycles. The fraction of sp³-hybridized carbons (Fsp3) is 0.250. The second-order valence-electron chi connectivity index (χ2n) is 3.62. The van der Waals surface area contributed by atoms with Crippen molar-refractivity contribution in [2.24, 2.45) is 0 Å². The van der Waals surface area contributed by atoms with Crippen LogP contribution < -0.4 is 5.32 Å². The topological polar surface area (TPSA) is 35.8 Å². The number of hydrogen-bond acceptors (Lipinski definition) is 2. The number of benzene rings is 1. The fourth-order valence-corrected chi connectivity index (χ4v) is 2.20. The molecule has 0 atom stereocenters. The molecule has 1 aliphatic rings. The van der Waals surface area contributed by atoms with Crippen LogP contribution in [0.2, 0.25) is 0 Å². The zero-order valence-corrected chi connectivity index (χ0v) is 9.79. The van der Waals surface area contributed by atoms with Crippen molar-refractivity contribution in [3.8, 4) is 6.07 Å². The lowest BCUT2D eigenvalue weighted by atomic mass is 10.2. The van der Waals surface area contributed by atoms with E-state index >= 15 is 0 Å². The van der Waals surface area contributed by atoms with Crippen molar-refractivity contribution in [2.45, 2.75) is 18.9 Å². The molecule has 0 bridgehead atoms. The van der Waals surface area contributed by atoms with E-state index in [1.807, 2.05) is 18.2 Å². The molecule has 15 heavy (non-hydrogen) atoms. The van der Waals surface area contributed by atoms with Gasteiger partial charge in [0.05, 0.1) is 11.6 Å². The molecule has 1 aromatic rings. The standard InChI is InChI=1S/C12H11BrN2/c13-10-5-9(8-14)6-12(7-10)15-11-3-1-2-4-11/h1-2,5-7,11,15H,3-4H2. The van der Waals surface area contributed by atoms with Crippen LogP contribution in [0.25, 0.3) is 0 Å². The Morgan fingerprint density at radius 3 is 2.67 bits per heavy atom. The summed E-state index contributed by atoms with van der Waals surface area (Å²) in [5, 5.41) is 12.2. The molecule has 0 unspecified atom stereocenters. The second-order valence-corrected chi connectivity index (χ2v) is 4.54. The summed E-state index contributed by atoms with van der Waals surface area (Å²) in [5.74, 6) is 0. The molecule has 2 rings (SSSR count). The van der Waals surface area contributed by atoms with Crippen LogP contribution in [0.5, 0.6) is 0 Å². The summed E-state index contributed by atoms with van der Waals surface area (Å²) < 4.78 is 0.940. The molecule has 0 radical (unpaired) electrons. The molecule has 0 aliphatic heterocycles. The minimum Gasteiger partial charge on any atom is -0.382 e. The Bertz CT molecular complexity index is 424. The predicted octanol–water partition coefficient (Wildman–Crippen LogP) is 3.45. The maximum Gasteiger partial charge on any atom is 0.0992 e. The number of hydrogen-bond donors (Lipinski definition) is 1. The smallest absolute Gasteiger partial charge is 0.0992 e. The van der Waals surface area contributed by atoms with Gasteiger partial charge < -0.3 is 5.32 Å². The average Bonchev–Trinajstić information content (AvgIpc) is 2.69. The van der Waals surface area contributed by atoms with E-state index in [0.717, 1.165) is 23.0 Å². The largest absolute Gasteiger partial charge is 0.382 e. The molecule has 0 amide bonds. The summed E-state index contributed by atoms with van der Waals surface area (Å²) in [6.45, 7) is 0. The van der Waals surface area contributed by atoms with Gasteiger partial charge in [-0.25, -0.2) is 0 Å². The molecular formula is C12H11BrN2. The molecular weight excluding hydrogens is 252 g/mol. The first-order valence-corrected chi connectivity index (χ1v) is 5.69. The summed E-state index contributed by atoms with van der Waals surface area (Å²) in [4.78, 5) is 0. The third-order valence-corrected chi connectivity index (χ3v) is 2.86. The van der Waals surface area contributed by atoms with E-state index in [1.165, 1.54) is 0 Å². The Morgan fingerprint density at radius 1 is 1.27 bits per heavy atom. The molecule has 0 fully saturated rings. The zero-order valence-electron chi connectivity index (χ0n) is 8.20. The lowest BCUT2D eigenvalue weighted by molar-refractivity contribution is 0.787. The van der Waals surface area contributed by atoms with Crippen molar-refractivity contribution in [3.05, 3.63) is 40.4 Å². The third kappa shape index (κ3) is 2.60. The monoisotopic (exact) mass is 262 g/mol. The number of anilines is 1. The van der Waals surface area contributed by atoms with E-state index in [2.05, 4.69) is 39.5 Å². The molecule has 1 N–H and O–H groups in total. The minimum atomic E-state index is 0.478. The van der Waals surface area contributed by atoms with Gasteiger partial charge in [-0.2, -0.15) is 5.26 Å². The quantitative estimate of drug-likeness (QED) is 0.829. The highest BCUT2D eigenvalue weighted by molar-refractivity contribution is 9.10. The Hall–Kier alpha value is -1.27. The molecule has 1 aliphatic carbocycles. The van der Waals surface area contributed by atoms with E-state index in [9.17, 15) is 0 Å². The summed E-state index contributed by atoms with van der Waals surface area (Å²) >= 11 is 3.40. The van der Waals surface area contributed by atoms with Gasteiger partial charge in [-0.05, 0) is 31.0 Å². The number of nitrogens with one attached hydrogen (secondary N) is 1. The van der Waals surface area contributed by atoms with E-state index < -0.39 is 0 Å². The van der Waals surface area contributed by atoms with Crippen molar-refractivity contribution in [2.75, 3.05) is 5.32 Å². The van der Waals surface area contributed by atoms with Crippen LogP contribution in [-0.2, 0) is 0 Å². The Morgan fingerprint density at radius 2 is 2.00 bits per heavy atom. The Kier molecular flexibility index (Phi) is 3.08. The summed E-state index contributed by atoms with van der Waals surface area (Å²) in [5.41, 5.74) is 1.69. The van der Waals surface area contributed by atoms with Crippen molar-refractivity contribution >= 4 is 21.6 Å². The van der Waals surface area contributed by atoms with Gasteiger partial charge in [-0.3, -0.25) is 0 Å². The Balaban J connectivity index is 2.14. The maximum absolute atomic E-state index is 8.84. The summed E-state index contributed by atoms with van der Waals surface area (Å²) in [6.07, 6.45) is 6.49. The lowest BCUT2D eigenvalue weighted by Gasteiger charge is -2.13. The predicted molar refractivity (Wildman–Crippen MR) is 64.6 cm³/mol. The first-order valence-electron chi connectivity index (χ1n) is 4.90. The minimum absolute atomic E-state index is 0.478. The average molecular weight is 263 g/mol. The molecule has 2 nitrogen and oxygen atoms in total. The molecule has 0 heterocycles. The van der Waals surface area contributed by atoms with Crippen molar-refractivity contribution < 1.29 is 0 Å². The number of halogens is 1. The number of nitriles is 1. The van der Waals surface area contributed by atoms with Crippen LogP contribution in [0.3, 0.4) is 0 Å². The van der Waals surface area contributed by atoms with Gasteiger partial charge in [0, 0.05) is 16.2 Å². The van der Waals surface area contributed by atoms with Crippen molar-refractivity contribution in [3.63, 3.8) is 0 Å². The van der Waals surface area contributed by atoms with Gasteiger partial charge in [0.1, 0.15) is 0 Å². The number of rotatable bonds is 2. The van der Waals surface area contributed by atoms with Crippen LogP contribution in [0.4, 0.5) is 5.69 Å². The van der Waals surface area contributed by atoms with Crippen LogP contribution >= 0.6 is 15.9 Å². The molecule has 1 aromatic carbocycles. The second kappa shape index (κ2) is 4.50. The van der Waals surface area contributed by atoms with Gasteiger partial charge in [0.25, 0.3) is 0 Å². The molecule has 76 valence electrons. The highest BCUT2D eigenvalue weighted by atomic mass is 79.9. The maximum atomic E-state index is 8.84. The number of nitrogens with zero attached hydrogens (tertiary/aromatic N) is 1. The normalized spacial score (nSPS) is 15.2. The highest BCUT2D eigenvalue weighted by Crippen LogP contribution is 2.22. The van der Waals surface area contributed by atoms with Crippen molar-refractivity contribution in [1.82, 2.24) is 0 Å². The van der Waals surface area contributed by atoms with Gasteiger partial charge in [0.15, 0.2) is 0 Å². The fourth-order valence-electron chi connectivity index (χ4n) is 1.71. The van der Waals surface area contributed by atoms with Crippen LogP contribution in [0.15, 0.2) is 34.8 Å². The van der Waals surface area contributed by atoms with E-state index in [-0.39, 0.29) is 0 Å². The molecule has 0 spiro atoms. The van der Waals surface area contributed by atoms with E-state index in [0.29, 0.717) is 11.6 Å². The molecule has 3 heteroatoms. The third-order valence-electron chi connectivity index (χ3n) is 2.41. The lowest BCUT2D eigenvalue weighted by Crippen LogP contribution is -2.14. The van der Waals surface area contributed by atoms with Gasteiger partial charge in [0.2, 0.25) is 0 Å². The van der Waals surface area contributed by atoms with E-state index in [4.69, 9.17) is 5.26 Å². The zero-order chi connectivity index (χ0) is 10.7. The van der Waals surface area contributed by atoms with Gasteiger partial charge in [-0.1, -0.05) is 28.1 Å². The SMILES string of the molecule is N#Cc1cc(Br)cc(NC2CC=CC2)c1. The van der Waals surface area contributed by atoms with Crippen LogP contribution in [0, 0.1) is 11.3 Å². The van der Waals surface area contributed by atoms with Gasteiger partial charge in [-0.15, -0.1) is 0 Å². The highest BCUT2D eigenvalue weighted by Gasteiger charge is 2.10.